The molecule has 0 aliphatic carbocycles. The Morgan fingerprint density at radius 1 is 1.67 bits per heavy atom. The summed E-state index contributed by atoms with van der Waals surface area (Å²) < 4.78 is 0. The zero-order valence-corrected chi connectivity index (χ0v) is 6.73. The normalized spacial score (nSPS) is 13.1. The van der Waals surface area contributed by atoms with E-state index in [2.05, 4.69) is 19.6 Å². The van der Waals surface area contributed by atoms with Gasteiger partial charge in [-0.3, -0.25) is 0 Å². The van der Waals surface area contributed by atoms with Gasteiger partial charge in [-0.05, 0) is 24.5 Å². The molecule has 0 aliphatic heterocycles. The van der Waals surface area contributed by atoms with Crippen LogP contribution < -0.4 is 0 Å². The Hall–Kier alpha value is 0.0200. The van der Waals surface area contributed by atoms with E-state index in [9.17, 15) is 4.79 Å². The molecule has 0 amide bonds. The van der Waals surface area contributed by atoms with Crippen molar-refractivity contribution in [3.8, 4) is 0 Å². The molecule has 0 saturated carbocycles. The third-order valence-corrected chi connectivity index (χ3v) is 1.95. The van der Waals surface area contributed by atoms with Crippen molar-refractivity contribution in [1.82, 2.24) is 0 Å². The molecule has 9 heavy (non-hydrogen) atoms. The van der Waals surface area contributed by atoms with Crippen LogP contribution in [0.5, 0.6) is 0 Å². The van der Waals surface area contributed by atoms with Crippen LogP contribution in [0.1, 0.15) is 26.2 Å². The van der Waals surface area contributed by atoms with E-state index in [4.69, 9.17) is 0 Å². The van der Waals surface area contributed by atoms with Gasteiger partial charge in [-0.1, -0.05) is 6.92 Å². The highest BCUT2D eigenvalue weighted by Crippen LogP contribution is 2.07. The summed E-state index contributed by atoms with van der Waals surface area (Å²) in [6.07, 6.45) is 3.83. The number of hydrogen-bond acceptors (Lipinski definition) is 2. The molecule has 1 unspecified atom stereocenters. The fourth-order valence-corrected chi connectivity index (χ4v) is 0.824. The number of hydrogen-bond donors (Lipinski definition) is 1. The van der Waals surface area contributed by atoms with E-state index >= 15 is 0 Å². The van der Waals surface area contributed by atoms with E-state index in [-0.39, 0.29) is 0 Å². The molecular weight excluding hydrogens is 132 g/mol. The van der Waals surface area contributed by atoms with Crippen molar-refractivity contribution >= 4 is 18.9 Å². The van der Waals surface area contributed by atoms with Gasteiger partial charge in [0.05, 0.1) is 0 Å². The molecule has 0 radical (unpaired) electrons. The molecular formula is C7H14OS. The number of carbonyl (C=O) groups is 1. The number of carbonyl (C=O) groups excluding carboxylic acids is 1. The topological polar surface area (TPSA) is 17.1 Å². The zero-order valence-electron chi connectivity index (χ0n) is 5.84. The van der Waals surface area contributed by atoms with Crippen molar-refractivity contribution in [2.75, 3.05) is 5.75 Å². The predicted molar refractivity (Wildman–Crippen MR) is 42.9 cm³/mol. The highest BCUT2D eigenvalue weighted by atomic mass is 32.1. The van der Waals surface area contributed by atoms with Crippen LogP contribution in [0, 0.1) is 5.92 Å². The highest BCUT2D eigenvalue weighted by Gasteiger charge is 1.96. The maximum atomic E-state index is 9.86. The third-order valence-electron chi connectivity index (χ3n) is 1.33. The fourth-order valence-electron chi connectivity index (χ4n) is 0.641. The van der Waals surface area contributed by atoms with Gasteiger partial charge in [-0.2, -0.15) is 12.6 Å². The molecule has 0 heterocycles. The maximum Gasteiger partial charge on any atom is 0.119 e. The van der Waals surface area contributed by atoms with Gasteiger partial charge in [-0.15, -0.1) is 0 Å². The minimum Gasteiger partial charge on any atom is -0.303 e. The summed E-state index contributed by atoms with van der Waals surface area (Å²) in [4.78, 5) is 9.86. The number of thiol groups is 1. The SMILES string of the molecule is CC(CS)CCCC=O. The average Bonchev–Trinajstić information content (AvgIpc) is 1.89. The van der Waals surface area contributed by atoms with Crippen molar-refractivity contribution in [2.24, 2.45) is 5.92 Å². The fraction of sp³-hybridized carbons (Fsp3) is 0.857. The van der Waals surface area contributed by atoms with Crippen molar-refractivity contribution in [2.45, 2.75) is 26.2 Å². The quantitative estimate of drug-likeness (QED) is 0.356. The first kappa shape index (κ1) is 9.02. The van der Waals surface area contributed by atoms with E-state index in [1.54, 1.807) is 0 Å². The van der Waals surface area contributed by atoms with Gasteiger partial charge < -0.3 is 4.79 Å². The first-order valence-corrected chi connectivity index (χ1v) is 3.99. The Kier molecular flexibility index (Phi) is 6.16. The third kappa shape index (κ3) is 5.90. The summed E-state index contributed by atoms with van der Waals surface area (Å²) in [5.41, 5.74) is 0. The molecule has 0 saturated heterocycles. The maximum absolute atomic E-state index is 9.86. The number of rotatable bonds is 5. The summed E-state index contributed by atoms with van der Waals surface area (Å²) in [5.74, 6) is 1.59. The monoisotopic (exact) mass is 146 g/mol. The van der Waals surface area contributed by atoms with Crippen LogP contribution in [0.3, 0.4) is 0 Å². The minimum absolute atomic E-state index is 0.660. The molecule has 0 aromatic carbocycles. The minimum atomic E-state index is 0.660. The van der Waals surface area contributed by atoms with Gasteiger partial charge in [0.1, 0.15) is 6.29 Å². The lowest BCUT2D eigenvalue weighted by atomic mass is 10.1. The second kappa shape index (κ2) is 6.14. The summed E-state index contributed by atoms with van der Waals surface area (Å²) in [6, 6.07) is 0. The van der Waals surface area contributed by atoms with Crippen LogP contribution in [-0.2, 0) is 4.79 Å². The number of unbranched alkanes of at least 4 members (excludes halogenated alkanes) is 1. The summed E-state index contributed by atoms with van der Waals surface area (Å²) in [7, 11) is 0. The largest absolute Gasteiger partial charge is 0.303 e. The van der Waals surface area contributed by atoms with Crippen molar-refractivity contribution in [3.63, 3.8) is 0 Å². The highest BCUT2D eigenvalue weighted by molar-refractivity contribution is 7.80. The molecule has 54 valence electrons. The van der Waals surface area contributed by atoms with Gasteiger partial charge >= 0.3 is 0 Å². The zero-order chi connectivity index (χ0) is 7.11. The Balaban J connectivity index is 2.96. The van der Waals surface area contributed by atoms with Crippen LogP contribution in [0.25, 0.3) is 0 Å². The number of aldehydes is 1. The van der Waals surface area contributed by atoms with E-state index in [1.165, 1.54) is 0 Å². The molecule has 0 aromatic rings. The molecule has 0 aliphatic rings. The van der Waals surface area contributed by atoms with E-state index in [0.29, 0.717) is 12.3 Å². The summed E-state index contributed by atoms with van der Waals surface area (Å²) in [6.45, 7) is 2.15. The molecule has 0 rings (SSSR count). The van der Waals surface area contributed by atoms with Gasteiger partial charge in [0.2, 0.25) is 0 Å². The summed E-state index contributed by atoms with van der Waals surface area (Å²) >= 11 is 4.13. The predicted octanol–water partition coefficient (Wildman–Crippen LogP) is 1.92. The van der Waals surface area contributed by atoms with Crippen LogP contribution in [-0.4, -0.2) is 12.0 Å². The van der Waals surface area contributed by atoms with Gasteiger partial charge in [0, 0.05) is 6.42 Å². The van der Waals surface area contributed by atoms with Gasteiger partial charge in [-0.25, -0.2) is 0 Å². The standard InChI is InChI=1S/C7H14OS/c1-7(6-9)4-2-3-5-8/h5,7,9H,2-4,6H2,1H3. The lowest BCUT2D eigenvalue weighted by Gasteiger charge is -2.03. The van der Waals surface area contributed by atoms with Crippen molar-refractivity contribution in [3.05, 3.63) is 0 Å². The van der Waals surface area contributed by atoms with Crippen molar-refractivity contribution < 1.29 is 4.79 Å². The first-order chi connectivity index (χ1) is 4.31. The van der Waals surface area contributed by atoms with E-state index < -0.39 is 0 Å². The van der Waals surface area contributed by atoms with Crippen LogP contribution >= 0.6 is 12.6 Å². The molecule has 2 heteroatoms. The average molecular weight is 146 g/mol. The second-order valence-electron chi connectivity index (χ2n) is 2.39. The molecule has 0 bridgehead atoms. The molecule has 0 fully saturated rings. The Labute approximate surface area is 62.2 Å². The molecule has 1 atom stereocenters. The lowest BCUT2D eigenvalue weighted by molar-refractivity contribution is -0.107. The van der Waals surface area contributed by atoms with Gasteiger partial charge in [0.25, 0.3) is 0 Å². The second-order valence-corrected chi connectivity index (χ2v) is 2.75. The molecule has 0 aromatic heterocycles. The van der Waals surface area contributed by atoms with E-state index in [1.807, 2.05) is 0 Å². The molecule has 0 N–H and O–H groups in total. The smallest absolute Gasteiger partial charge is 0.119 e. The Bertz CT molecular complexity index is 73.3. The molecule has 0 spiro atoms. The molecule has 1 nitrogen and oxygen atoms in total. The lowest BCUT2D eigenvalue weighted by Crippen LogP contribution is -1.95. The Morgan fingerprint density at radius 3 is 2.78 bits per heavy atom. The van der Waals surface area contributed by atoms with Crippen LogP contribution in [0.2, 0.25) is 0 Å². The van der Waals surface area contributed by atoms with Crippen LogP contribution in [0.4, 0.5) is 0 Å². The van der Waals surface area contributed by atoms with E-state index in [0.717, 1.165) is 24.9 Å². The van der Waals surface area contributed by atoms with Gasteiger partial charge in [0.15, 0.2) is 0 Å². The Morgan fingerprint density at radius 2 is 2.33 bits per heavy atom. The van der Waals surface area contributed by atoms with Crippen LogP contribution in [0.15, 0.2) is 0 Å². The summed E-state index contributed by atoms with van der Waals surface area (Å²) in [5, 5.41) is 0. The van der Waals surface area contributed by atoms with Crippen molar-refractivity contribution in [1.29, 1.82) is 0 Å². The first-order valence-electron chi connectivity index (χ1n) is 3.35.